The van der Waals surface area contributed by atoms with Crippen LogP contribution in [-0.4, -0.2) is 40.4 Å². The molecule has 0 aliphatic rings. The maximum absolute atomic E-state index is 13.3. The van der Waals surface area contributed by atoms with Crippen molar-refractivity contribution in [2.45, 2.75) is 13.5 Å². The number of carbonyl (C=O) groups is 2. The second-order valence-corrected chi connectivity index (χ2v) is 8.41. The topological polar surface area (TPSA) is 95.3 Å². The van der Waals surface area contributed by atoms with Crippen molar-refractivity contribution in [1.82, 2.24) is 14.8 Å². The van der Waals surface area contributed by atoms with Gasteiger partial charge < -0.3 is 14.8 Å². The molecule has 0 atom stereocenters. The van der Waals surface area contributed by atoms with Crippen LogP contribution in [0.2, 0.25) is 10.0 Å². The number of rotatable bonds is 8. The van der Waals surface area contributed by atoms with Gasteiger partial charge in [0, 0.05) is 18.7 Å². The lowest BCUT2D eigenvalue weighted by Crippen LogP contribution is -2.15. The zero-order chi connectivity index (χ0) is 25.7. The summed E-state index contributed by atoms with van der Waals surface area (Å²) in [6.07, 6.45) is 0. The van der Waals surface area contributed by atoms with Crippen LogP contribution in [0.15, 0.2) is 66.7 Å². The number of nitrogens with zero attached hydrogens (tertiary/aromatic N) is 3. The summed E-state index contributed by atoms with van der Waals surface area (Å²) in [5.41, 5.74) is 2.70. The van der Waals surface area contributed by atoms with Crippen molar-refractivity contribution in [3.8, 4) is 16.9 Å². The number of benzene rings is 2. The van der Waals surface area contributed by atoms with Gasteiger partial charge >= 0.3 is 5.97 Å². The van der Waals surface area contributed by atoms with Crippen LogP contribution in [0.4, 0.5) is 5.82 Å². The Labute approximate surface area is 217 Å². The smallest absolute Gasteiger partial charge is 0.358 e. The molecule has 0 aliphatic heterocycles. The minimum atomic E-state index is -0.598. The second-order valence-electron chi connectivity index (χ2n) is 7.60. The molecule has 184 valence electrons. The van der Waals surface area contributed by atoms with E-state index in [-0.39, 0.29) is 28.7 Å². The highest BCUT2D eigenvalue weighted by molar-refractivity contribution is 6.35. The fourth-order valence-corrected chi connectivity index (χ4v) is 3.90. The Morgan fingerprint density at radius 1 is 1.00 bits per heavy atom. The van der Waals surface area contributed by atoms with E-state index in [2.05, 4.69) is 15.4 Å². The van der Waals surface area contributed by atoms with Gasteiger partial charge in [0.1, 0.15) is 5.82 Å². The molecule has 10 heteroatoms. The molecule has 0 saturated carbocycles. The number of anilines is 1. The Bertz CT molecular complexity index is 1410. The van der Waals surface area contributed by atoms with Crippen LogP contribution < -0.4 is 5.32 Å². The monoisotopic (exact) mass is 524 g/mol. The van der Waals surface area contributed by atoms with Crippen molar-refractivity contribution in [3.05, 3.63) is 93.7 Å². The molecule has 0 radical (unpaired) electrons. The van der Waals surface area contributed by atoms with Crippen molar-refractivity contribution in [1.29, 1.82) is 0 Å². The Morgan fingerprint density at radius 2 is 1.75 bits per heavy atom. The molecule has 0 spiro atoms. The van der Waals surface area contributed by atoms with Gasteiger partial charge in [0.25, 0.3) is 5.91 Å². The number of ether oxygens (including phenoxy) is 2. The van der Waals surface area contributed by atoms with Gasteiger partial charge in [0.15, 0.2) is 5.69 Å². The van der Waals surface area contributed by atoms with Gasteiger partial charge in [-0.15, -0.1) is 0 Å². The average molecular weight is 525 g/mol. The van der Waals surface area contributed by atoms with E-state index in [0.29, 0.717) is 34.3 Å². The van der Waals surface area contributed by atoms with Crippen molar-refractivity contribution in [2.75, 3.05) is 19.0 Å². The molecule has 0 bridgehead atoms. The third kappa shape index (κ3) is 5.57. The van der Waals surface area contributed by atoms with Crippen molar-refractivity contribution in [2.24, 2.45) is 0 Å². The fraction of sp³-hybridized carbons (Fsp3) is 0.154. The van der Waals surface area contributed by atoms with E-state index in [1.54, 1.807) is 56.5 Å². The van der Waals surface area contributed by atoms with E-state index in [4.69, 9.17) is 32.7 Å². The number of aromatic nitrogens is 3. The number of esters is 1. The summed E-state index contributed by atoms with van der Waals surface area (Å²) in [6.45, 7) is 2.22. The third-order valence-electron chi connectivity index (χ3n) is 5.12. The number of halogens is 2. The number of hydrogen-bond acceptors (Lipinski definition) is 6. The number of nitrogens with one attached hydrogen (secondary N) is 1. The molecule has 4 aromatic rings. The third-order valence-corrected chi connectivity index (χ3v) is 5.75. The molecule has 0 saturated heterocycles. The molecule has 0 fully saturated rings. The van der Waals surface area contributed by atoms with E-state index in [9.17, 15) is 9.59 Å². The summed E-state index contributed by atoms with van der Waals surface area (Å²) >= 11 is 12.8. The van der Waals surface area contributed by atoms with Gasteiger partial charge in [-0.25, -0.2) is 14.5 Å². The molecule has 2 heterocycles. The normalized spacial score (nSPS) is 10.8. The first-order valence-corrected chi connectivity index (χ1v) is 11.7. The number of hydrogen-bond donors (Lipinski definition) is 1. The predicted octanol–water partition coefficient (Wildman–Crippen LogP) is 5.82. The molecular formula is C26H22Cl2N4O4. The van der Waals surface area contributed by atoms with E-state index in [1.165, 1.54) is 10.7 Å². The average Bonchev–Trinajstić information content (AvgIpc) is 3.30. The Balaban J connectivity index is 1.70. The lowest BCUT2D eigenvalue weighted by atomic mass is 10.1. The maximum Gasteiger partial charge on any atom is 0.358 e. The highest BCUT2D eigenvalue weighted by Gasteiger charge is 2.20. The molecule has 36 heavy (non-hydrogen) atoms. The maximum atomic E-state index is 13.3. The van der Waals surface area contributed by atoms with Crippen LogP contribution in [-0.2, 0) is 16.1 Å². The van der Waals surface area contributed by atoms with E-state index < -0.39 is 11.9 Å². The molecule has 8 nitrogen and oxygen atoms in total. The summed E-state index contributed by atoms with van der Waals surface area (Å²) in [7, 11) is 1.58. The zero-order valence-electron chi connectivity index (χ0n) is 19.5. The number of pyridine rings is 1. The quantitative estimate of drug-likeness (QED) is 0.292. The van der Waals surface area contributed by atoms with Crippen molar-refractivity contribution >= 4 is 40.9 Å². The molecular weight excluding hydrogens is 503 g/mol. The Kier molecular flexibility index (Phi) is 8.00. The summed E-state index contributed by atoms with van der Waals surface area (Å²) in [5, 5.41) is 7.79. The van der Waals surface area contributed by atoms with Gasteiger partial charge in [0.05, 0.1) is 45.9 Å². The van der Waals surface area contributed by atoms with Gasteiger partial charge in [0.2, 0.25) is 0 Å². The highest BCUT2D eigenvalue weighted by Crippen LogP contribution is 2.30. The number of para-hydroxylation sites is 1. The van der Waals surface area contributed by atoms with Crippen LogP contribution in [0, 0.1) is 0 Å². The summed E-state index contributed by atoms with van der Waals surface area (Å²) < 4.78 is 11.7. The van der Waals surface area contributed by atoms with Crippen molar-refractivity contribution < 1.29 is 19.1 Å². The van der Waals surface area contributed by atoms with Crippen LogP contribution in [0.5, 0.6) is 0 Å². The zero-order valence-corrected chi connectivity index (χ0v) is 21.0. The lowest BCUT2D eigenvalue weighted by molar-refractivity contribution is 0.0518. The minimum absolute atomic E-state index is 0.0572. The summed E-state index contributed by atoms with van der Waals surface area (Å²) in [5.74, 6) is -0.827. The van der Waals surface area contributed by atoms with Crippen LogP contribution in [0.3, 0.4) is 0 Å². The van der Waals surface area contributed by atoms with E-state index in [1.807, 2.05) is 18.2 Å². The highest BCUT2D eigenvalue weighted by atomic mass is 35.5. The van der Waals surface area contributed by atoms with Gasteiger partial charge in [-0.05, 0) is 43.3 Å². The molecule has 4 rings (SSSR count). The molecule has 0 unspecified atom stereocenters. The predicted molar refractivity (Wildman–Crippen MR) is 138 cm³/mol. The largest absolute Gasteiger partial charge is 0.461 e. The second kappa shape index (κ2) is 11.3. The minimum Gasteiger partial charge on any atom is -0.461 e. The first kappa shape index (κ1) is 25.4. The fourth-order valence-electron chi connectivity index (χ4n) is 3.48. The number of amides is 1. The molecule has 1 N–H and O–H groups in total. The SMILES string of the molecule is CCOC(=O)c1cc(NC(=O)c2cc(-c3nc(COC)ccc3Cl)ccc2Cl)n(-c2ccccc2)n1. The number of methoxy groups -OCH3 is 1. The summed E-state index contributed by atoms with van der Waals surface area (Å²) in [4.78, 5) is 30.2. The molecule has 1 amide bonds. The van der Waals surface area contributed by atoms with Gasteiger partial charge in [-0.2, -0.15) is 5.10 Å². The van der Waals surface area contributed by atoms with E-state index >= 15 is 0 Å². The first-order valence-electron chi connectivity index (χ1n) is 11.0. The van der Waals surface area contributed by atoms with Crippen LogP contribution >= 0.6 is 23.2 Å². The molecule has 2 aromatic carbocycles. The van der Waals surface area contributed by atoms with Gasteiger partial charge in [-0.1, -0.05) is 47.5 Å². The number of carbonyl (C=O) groups excluding carboxylic acids is 2. The standard InChI is InChI=1S/C26H22Cl2N4O4/c1-3-36-26(34)22-14-23(32(31-22)18-7-5-4-6-8-18)30-25(33)19-13-16(9-11-20(19)27)24-21(28)12-10-17(29-24)15-35-2/h4-14H,3,15H2,1-2H3,(H,30,33). The Hall–Kier alpha value is -3.72. The Morgan fingerprint density at radius 3 is 2.47 bits per heavy atom. The van der Waals surface area contributed by atoms with Crippen LogP contribution in [0.1, 0.15) is 33.5 Å². The molecule has 2 aromatic heterocycles. The molecule has 0 aliphatic carbocycles. The van der Waals surface area contributed by atoms with Crippen molar-refractivity contribution in [3.63, 3.8) is 0 Å². The first-order chi connectivity index (χ1) is 17.4. The lowest BCUT2D eigenvalue weighted by Gasteiger charge is -2.12. The van der Waals surface area contributed by atoms with E-state index in [0.717, 1.165) is 0 Å². The van der Waals surface area contributed by atoms with Gasteiger partial charge in [-0.3, -0.25) is 4.79 Å². The van der Waals surface area contributed by atoms with Crippen LogP contribution in [0.25, 0.3) is 16.9 Å². The summed E-state index contributed by atoms with van der Waals surface area (Å²) in [6, 6.07) is 19.0.